The molecule has 0 fully saturated rings. The molecule has 4 rings (SSSR count). The van der Waals surface area contributed by atoms with E-state index in [1.165, 1.54) is 24.5 Å². The van der Waals surface area contributed by atoms with Gasteiger partial charge in [-0.15, -0.1) is 11.3 Å². The maximum Gasteiger partial charge on any atom is 0.206 e. The highest BCUT2D eigenvalue weighted by Gasteiger charge is 2.19. The molecule has 134 valence electrons. The minimum Gasteiger partial charge on any atom is -0.504 e. The molecule has 0 aliphatic rings. The van der Waals surface area contributed by atoms with Crippen molar-refractivity contribution in [2.75, 3.05) is 7.11 Å². The molecule has 6 heteroatoms. The summed E-state index contributed by atoms with van der Waals surface area (Å²) in [5.74, 6) is 0.776. The first-order valence-electron chi connectivity index (χ1n) is 8.28. The Labute approximate surface area is 159 Å². The van der Waals surface area contributed by atoms with Gasteiger partial charge in [0.25, 0.3) is 0 Å². The summed E-state index contributed by atoms with van der Waals surface area (Å²) in [7, 11) is 1.49. The Hall–Kier alpha value is -3.38. The van der Waals surface area contributed by atoms with E-state index in [1.807, 2.05) is 35.7 Å². The highest BCUT2D eigenvalue weighted by Crippen LogP contribution is 2.30. The number of carbonyl (C=O) groups excluding carboxylic acids is 1. The third-order valence-corrected chi connectivity index (χ3v) is 5.02. The summed E-state index contributed by atoms with van der Waals surface area (Å²) in [6.45, 7) is 0. The van der Waals surface area contributed by atoms with Crippen molar-refractivity contribution >= 4 is 39.8 Å². The van der Waals surface area contributed by atoms with E-state index < -0.39 is 0 Å². The van der Waals surface area contributed by atoms with Gasteiger partial charge in [0.2, 0.25) is 5.78 Å². The molecule has 0 bridgehead atoms. The van der Waals surface area contributed by atoms with Gasteiger partial charge in [-0.2, -0.15) is 0 Å². The Morgan fingerprint density at radius 1 is 1.19 bits per heavy atom. The number of imidazole rings is 1. The quantitative estimate of drug-likeness (QED) is 0.389. The van der Waals surface area contributed by atoms with E-state index in [-0.39, 0.29) is 11.5 Å². The van der Waals surface area contributed by atoms with Gasteiger partial charge in [0.15, 0.2) is 11.5 Å². The van der Waals surface area contributed by atoms with E-state index in [2.05, 4.69) is 9.97 Å². The van der Waals surface area contributed by atoms with Crippen LogP contribution in [0.2, 0.25) is 0 Å². The molecule has 5 nitrogen and oxygen atoms in total. The maximum atomic E-state index is 13.1. The number of Topliss-reactive ketones (excluding diaryl/α,β-unsaturated/α-hetero) is 1. The first-order valence-corrected chi connectivity index (χ1v) is 9.15. The number of H-pyrrole nitrogens is 1. The van der Waals surface area contributed by atoms with Crippen molar-refractivity contribution in [3.8, 4) is 11.5 Å². The van der Waals surface area contributed by atoms with Crippen molar-refractivity contribution < 1.29 is 14.6 Å². The van der Waals surface area contributed by atoms with Crippen molar-refractivity contribution in [1.29, 1.82) is 0 Å². The summed E-state index contributed by atoms with van der Waals surface area (Å²) in [6, 6.07) is 16.2. The van der Waals surface area contributed by atoms with E-state index in [1.54, 1.807) is 24.3 Å². The standard InChI is InChI=1S/C21H16N2O3S/c1-26-18-12-13(8-9-17(18)24)11-14(20(25)19-7-4-10-27-19)21-22-15-5-2-3-6-16(15)23-21/h2-12,24H,1H3,(H,22,23). The number of aromatic hydroxyl groups is 1. The number of benzene rings is 2. The number of ketones is 1. The number of rotatable bonds is 5. The number of nitrogens with zero attached hydrogens (tertiary/aromatic N) is 1. The van der Waals surface area contributed by atoms with Gasteiger partial charge >= 0.3 is 0 Å². The lowest BCUT2D eigenvalue weighted by Crippen LogP contribution is -2.02. The molecule has 2 N–H and O–H groups in total. The number of para-hydroxylation sites is 2. The number of hydrogen-bond donors (Lipinski definition) is 2. The molecule has 0 aliphatic carbocycles. The van der Waals surface area contributed by atoms with Crippen LogP contribution in [0.1, 0.15) is 21.1 Å². The van der Waals surface area contributed by atoms with Crippen LogP contribution in [0.4, 0.5) is 0 Å². The molecular weight excluding hydrogens is 360 g/mol. The molecule has 0 atom stereocenters. The van der Waals surface area contributed by atoms with E-state index in [0.29, 0.717) is 22.0 Å². The fourth-order valence-corrected chi connectivity index (χ4v) is 3.49. The minimum atomic E-state index is -0.115. The Kier molecular flexibility index (Phi) is 4.48. The van der Waals surface area contributed by atoms with E-state index in [9.17, 15) is 9.90 Å². The van der Waals surface area contributed by atoms with Gasteiger partial charge in [0.1, 0.15) is 5.82 Å². The molecule has 27 heavy (non-hydrogen) atoms. The highest BCUT2D eigenvalue weighted by atomic mass is 32.1. The Morgan fingerprint density at radius 2 is 2.04 bits per heavy atom. The second kappa shape index (κ2) is 7.09. The Morgan fingerprint density at radius 3 is 2.78 bits per heavy atom. The van der Waals surface area contributed by atoms with Gasteiger partial charge in [-0.3, -0.25) is 4.79 Å². The number of hydrogen-bond acceptors (Lipinski definition) is 5. The molecule has 4 aromatic rings. The first-order chi connectivity index (χ1) is 13.2. The molecule has 0 saturated carbocycles. The lowest BCUT2D eigenvalue weighted by atomic mass is 10.0. The summed E-state index contributed by atoms with van der Waals surface area (Å²) in [6.07, 6.45) is 1.75. The summed E-state index contributed by atoms with van der Waals surface area (Å²) >= 11 is 1.38. The fraction of sp³-hybridized carbons (Fsp3) is 0.0476. The molecule has 0 saturated heterocycles. The second-order valence-electron chi connectivity index (χ2n) is 5.90. The number of aromatic nitrogens is 2. The molecular formula is C21H16N2O3S. The second-order valence-corrected chi connectivity index (χ2v) is 6.85. The normalized spacial score (nSPS) is 11.7. The number of nitrogens with one attached hydrogen (secondary N) is 1. The molecule has 0 amide bonds. The van der Waals surface area contributed by atoms with Gasteiger partial charge in [-0.25, -0.2) is 4.98 Å². The number of ether oxygens (including phenoxy) is 1. The van der Waals surface area contributed by atoms with Crippen LogP contribution in [0.15, 0.2) is 60.0 Å². The zero-order valence-electron chi connectivity index (χ0n) is 14.5. The smallest absolute Gasteiger partial charge is 0.206 e. The van der Waals surface area contributed by atoms with Crippen molar-refractivity contribution in [2.24, 2.45) is 0 Å². The van der Waals surface area contributed by atoms with Crippen LogP contribution >= 0.6 is 11.3 Å². The number of aromatic amines is 1. The average molecular weight is 376 g/mol. The van der Waals surface area contributed by atoms with Gasteiger partial charge in [-0.05, 0) is 47.4 Å². The summed E-state index contributed by atoms with van der Waals surface area (Å²) in [5.41, 5.74) is 2.83. The average Bonchev–Trinajstić information content (AvgIpc) is 3.36. The lowest BCUT2D eigenvalue weighted by Gasteiger charge is -2.06. The lowest BCUT2D eigenvalue weighted by molar-refractivity contribution is 0.106. The maximum absolute atomic E-state index is 13.1. The third kappa shape index (κ3) is 3.35. The number of allylic oxidation sites excluding steroid dienone is 1. The van der Waals surface area contributed by atoms with Gasteiger partial charge in [0.05, 0.1) is 28.6 Å². The molecule has 2 aromatic heterocycles. The van der Waals surface area contributed by atoms with E-state index >= 15 is 0 Å². The number of fused-ring (bicyclic) bond motifs is 1. The molecule has 2 heterocycles. The van der Waals surface area contributed by atoms with Gasteiger partial charge in [-0.1, -0.05) is 24.3 Å². The van der Waals surface area contributed by atoms with Crippen LogP contribution in [0.5, 0.6) is 11.5 Å². The van der Waals surface area contributed by atoms with Crippen molar-refractivity contribution in [2.45, 2.75) is 0 Å². The summed E-state index contributed by atoms with van der Waals surface area (Å²) < 4.78 is 5.17. The van der Waals surface area contributed by atoms with Gasteiger partial charge in [0, 0.05) is 0 Å². The SMILES string of the molecule is COc1cc(C=C(C(=O)c2cccs2)c2nc3ccccc3[nH]2)ccc1O. The molecule has 0 aliphatic heterocycles. The fourth-order valence-electron chi connectivity index (χ4n) is 2.81. The van der Waals surface area contributed by atoms with Crippen LogP contribution < -0.4 is 4.74 Å². The number of phenols is 1. The van der Waals surface area contributed by atoms with Gasteiger partial charge < -0.3 is 14.8 Å². The number of carbonyl (C=O) groups is 1. The number of thiophene rings is 1. The third-order valence-electron chi connectivity index (χ3n) is 4.15. The predicted octanol–water partition coefficient (Wildman–Crippen LogP) is 4.76. The number of methoxy groups -OCH3 is 1. The summed E-state index contributed by atoms with van der Waals surface area (Å²) in [5, 5.41) is 11.7. The monoisotopic (exact) mass is 376 g/mol. The van der Waals surface area contributed by atoms with E-state index in [4.69, 9.17) is 4.74 Å². The number of phenolic OH excluding ortho intramolecular Hbond substituents is 1. The first kappa shape index (κ1) is 17.1. The Bertz CT molecular complexity index is 1110. The van der Waals surface area contributed by atoms with Crippen LogP contribution in [-0.4, -0.2) is 28.0 Å². The van der Waals surface area contributed by atoms with Crippen LogP contribution in [-0.2, 0) is 0 Å². The van der Waals surface area contributed by atoms with Crippen LogP contribution in [0.25, 0.3) is 22.7 Å². The van der Waals surface area contributed by atoms with Crippen LogP contribution in [0.3, 0.4) is 0 Å². The summed E-state index contributed by atoms with van der Waals surface area (Å²) in [4.78, 5) is 21.5. The largest absolute Gasteiger partial charge is 0.504 e. The molecule has 2 aromatic carbocycles. The zero-order valence-corrected chi connectivity index (χ0v) is 15.3. The minimum absolute atomic E-state index is 0.0459. The van der Waals surface area contributed by atoms with Crippen molar-refractivity contribution in [3.63, 3.8) is 0 Å². The van der Waals surface area contributed by atoms with E-state index in [0.717, 1.165) is 16.6 Å². The van der Waals surface area contributed by atoms with Crippen LogP contribution in [0, 0.1) is 0 Å². The van der Waals surface area contributed by atoms with Crippen molar-refractivity contribution in [3.05, 3.63) is 76.2 Å². The highest BCUT2D eigenvalue weighted by molar-refractivity contribution is 7.12. The zero-order chi connectivity index (χ0) is 18.8. The molecule has 0 radical (unpaired) electrons. The predicted molar refractivity (Wildman–Crippen MR) is 107 cm³/mol. The van der Waals surface area contributed by atoms with Crippen molar-refractivity contribution in [1.82, 2.24) is 9.97 Å². The molecule has 0 unspecified atom stereocenters. The molecule has 0 spiro atoms. The Balaban J connectivity index is 1.86. The topological polar surface area (TPSA) is 75.2 Å².